The number of allylic oxidation sites excluding steroid dienone is 2. The minimum Gasteiger partial charge on any atom is -0.462 e. The number of rotatable bonds is 5. The van der Waals surface area contributed by atoms with E-state index >= 15 is 0 Å². The molecule has 11 unspecified atom stereocenters. The first kappa shape index (κ1) is 34.8. The van der Waals surface area contributed by atoms with Crippen LogP contribution in [0.4, 0.5) is 0 Å². The first-order valence-electron chi connectivity index (χ1n) is 16.1. The summed E-state index contributed by atoms with van der Waals surface area (Å²) in [4.78, 5) is 38.8. The van der Waals surface area contributed by atoms with Crippen molar-refractivity contribution >= 4 is 18.2 Å². The van der Waals surface area contributed by atoms with Crippen LogP contribution in [0.25, 0.3) is 0 Å². The molecule has 1 amide bonds. The van der Waals surface area contributed by atoms with Crippen molar-refractivity contribution in [1.82, 2.24) is 4.90 Å². The van der Waals surface area contributed by atoms with Crippen LogP contribution in [-0.2, 0) is 19.1 Å². The van der Waals surface area contributed by atoms with Crippen molar-refractivity contribution in [2.75, 3.05) is 21.2 Å². The molecule has 2 N–H and O–H groups in total. The molecular formula is C35H59NO6. The van der Waals surface area contributed by atoms with E-state index < -0.39 is 12.1 Å². The molecule has 5 rings (SSSR count). The highest BCUT2D eigenvalue weighted by atomic mass is 16.5. The van der Waals surface area contributed by atoms with Gasteiger partial charge in [-0.25, -0.2) is 0 Å². The number of hydrogen-bond acceptors (Lipinski definition) is 6. The number of fused-ring (bicyclic) bond motifs is 7. The number of hydrogen-bond donors (Lipinski definition) is 2. The maximum absolute atomic E-state index is 13.7. The van der Waals surface area contributed by atoms with Crippen LogP contribution in [0.5, 0.6) is 0 Å². The molecule has 0 aromatic carbocycles. The van der Waals surface area contributed by atoms with Gasteiger partial charge in [-0.2, -0.15) is 0 Å². The average molecular weight is 590 g/mol. The molecule has 0 heterocycles. The van der Waals surface area contributed by atoms with E-state index in [1.807, 2.05) is 19.0 Å². The Hall–Kier alpha value is -1.73. The van der Waals surface area contributed by atoms with Crippen LogP contribution in [0.1, 0.15) is 106 Å². The topological polar surface area (TPSA) is 104 Å². The molecule has 4 fully saturated rings. The van der Waals surface area contributed by atoms with Crippen LogP contribution in [-0.4, -0.2) is 66.7 Å². The van der Waals surface area contributed by atoms with E-state index in [9.17, 15) is 19.5 Å². The summed E-state index contributed by atoms with van der Waals surface area (Å²) in [6.45, 7) is 9.72. The van der Waals surface area contributed by atoms with Crippen LogP contribution in [0.15, 0.2) is 11.6 Å². The number of aliphatic hydroxyl groups is 2. The zero-order chi connectivity index (χ0) is 30.3. The van der Waals surface area contributed by atoms with Gasteiger partial charge in [0, 0.05) is 21.2 Å². The van der Waals surface area contributed by atoms with Gasteiger partial charge < -0.3 is 24.6 Å². The normalized spacial score (nSPS) is 42.7. The molecule has 7 nitrogen and oxygen atoms in total. The summed E-state index contributed by atoms with van der Waals surface area (Å²) in [5.74, 6) is 2.68. The summed E-state index contributed by atoms with van der Waals surface area (Å²) in [5.41, 5.74) is 1.82. The van der Waals surface area contributed by atoms with Crippen LogP contribution < -0.4 is 0 Å². The maximum Gasteiger partial charge on any atom is 0.309 e. The number of carbonyl (C=O) groups excluding carboxylic acids is 3. The number of amides is 1. The molecule has 7 heteroatoms. The molecule has 5 aliphatic rings. The maximum atomic E-state index is 13.7. The van der Waals surface area contributed by atoms with Gasteiger partial charge in [0.1, 0.15) is 18.5 Å². The molecule has 42 heavy (non-hydrogen) atoms. The molecule has 0 bridgehead atoms. The molecule has 4 saturated carbocycles. The summed E-state index contributed by atoms with van der Waals surface area (Å²) >= 11 is 0. The van der Waals surface area contributed by atoms with Crippen molar-refractivity contribution in [2.24, 2.45) is 51.8 Å². The second kappa shape index (κ2) is 13.1. The average Bonchev–Trinajstić information content (AvgIpc) is 2.94. The van der Waals surface area contributed by atoms with E-state index in [1.165, 1.54) is 12.8 Å². The Labute approximate surface area is 254 Å². The fourth-order valence-electron chi connectivity index (χ4n) is 11.1. The minimum absolute atomic E-state index is 0. The first-order valence-corrected chi connectivity index (χ1v) is 16.1. The second-order valence-corrected chi connectivity index (χ2v) is 14.8. The number of aldehydes is 1. The SMILES string of the molecule is C.CC1CCCC2(C(=O)N(C)C)CCC3C(=CCC4C3(C)CCC3C(C)C(OC(=O)CC(O)C=O)CCC34C)C12.CO. The van der Waals surface area contributed by atoms with Crippen LogP contribution in [0.2, 0.25) is 0 Å². The van der Waals surface area contributed by atoms with E-state index in [0.717, 1.165) is 58.5 Å². The lowest BCUT2D eigenvalue weighted by atomic mass is 9.38. The largest absolute Gasteiger partial charge is 0.462 e. The summed E-state index contributed by atoms with van der Waals surface area (Å²) in [7, 11) is 4.88. The van der Waals surface area contributed by atoms with E-state index in [2.05, 4.69) is 33.8 Å². The zero-order valence-electron chi connectivity index (χ0n) is 26.5. The Balaban J connectivity index is 0.00000158. The van der Waals surface area contributed by atoms with Crippen LogP contribution in [0.3, 0.4) is 0 Å². The third kappa shape index (κ3) is 5.50. The molecule has 240 valence electrons. The predicted molar refractivity (Wildman–Crippen MR) is 165 cm³/mol. The van der Waals surface area contributed by atoms with Crippen molar-refractivity contribution in [2.45, 2.75) is 118 Å². The molecule has 0 aromatic heterocycles. The zero-order valence-corrected chi connectivity index (χ0v) is 26.5. The van der Waals surface area contributed by atoms with Crippen molar-refractivity contribution in [1.29, 1.82) is 0 Å². The summed E-state index contributed by atoms with van der Waals surface area (Å²) in [5, 5.41) is 16.6. The van der Waals surface area contributed by atoms with Crippen LogP contribution >= 0.6 is 0 Å². The fourth-order valence-corrected chi connectivity index (χ4v) is 11.1. The number of carbonyl (C=O) groups is 3. The van der Waals surface area contributed by atoms with E-state index in [4.69, 9.17) is 9.84 Å². The van der Waals surface area contributed by atoms with Crippen molar-refractivity contribution in [3.63, 3.8) is 0 Å². The molecule has 0 spiro atoms. The van der Waals surface area contributed by atoms with Gasteiger partial charge in [-0.3, -0.25) is 9.59 Å². The summed E-state index contributed by atoms with van der Waals surface area (Å²) in [6, 6.07) is 0. The highest BCUT2D eigenvalue weighted by Gasteiger charge is 2.64. The fraction of sp³-hybridized carbons (Fsp3) is 0.857. The lowest BCUT2D eigenvalue weighted by Gasteiger charge is -2.66. The van der Waals surface area contributed by atoms with Gasteiger partial charge in [-0.1, -0.05) is 59.6 Å². The first-order chi connectivity index (χ1) is 19.4. The summed E-state index contributed by atoms with van der Waals surface area (Å²) in [6.07, 6.45) is 12.2. The Morgan fingerprint density at radius 1 is 1.05 bits per heavy atom. The van der Waals surface area contributed by atoms with Crippen LogP contribution in [0, 0.1) is 51.8 Å². The molecule has 0 aliphatic heterocycles. The number of ether oxygens (including phenoxy) is 1. The van der Waals surface area contributed by atoms with Gasteiger partial charge in [0.2, 0.25) is 5.91 Å². The standard InChI is InChI=1S/C33H51NO5.CH4O.CH4/c1-20-8-7-14-33(30(38)34(5)6)17-12-25-23(29(20)33)9-10-27-31(3)16-13-26(39-28(37)18-22(36)19-35)21(2)24(31)11-15-32(25,27)4;1-2;/h9,19-22,24-27,29,36H,7-8,10-18H2,1-6H3;2H,1H3;1H4. The van der Waals surface area contributed by atoms with Crippen molar-refractivity contribution < 1.29 is 29.3 Å². The van der Waals surface area contributed by atoms with E-state index in [-0.39, 0.29) is 42.1 Å². The molecular weight excluding hydrogens is 530 g/mol. The molecule has 0 saturated heterocycles. The predicted octanol–water partition coefficient (Wildman–Crippen LogP) is 5.81. The Bertz CT molecular complexity index is 1020. The molecule has 0 radical (unpaired) electrons. The van der Waals surface area contributed by atoms with Gasteiger partial charge in [0.25, 0.3) is 0 Å². The molecule has 5 aliphatic carbocycles. The van der Waals surface area contributed by atoms with Gasteiger partial charge in [0.15, 0.2) is 0 Å². The van der Waals surface area contributed by atoms with Gasteiger partial charge in [-0.05, 0) is 97.7 Å². The monoisotopic (exact) mass is 589 g/mol. The Kier molecular flexibility index (Phi) is 10.8. The third-order valence-corrected chi connectivity index (χ3v) is 12.7. The Morgan fingerprint density at radius 2 is 1.71 bits per heavy atom. The highest BCUT2D eigenvalue weighted by Crippen LogP contribution is 2.70. The van der Waals surface area contributed by atoms with Crippen molar-refractivity contribution in [3.05, 3.63) is 11.6 Å². The molecule has 11 atom stereocenters. The Morgan fingerprint density at radius 3 is 2.36 bits per heavy atom. The lowest BCUT2D eigenvalue weighted by molar-refractivity contribution is -0.181. The van der Waals surface area contributed by atoms with Gasteiger partial charge >= 0.3 is 5.97 Å². The lowest BCUT2D eigenvalue weighted by Crippen LogP contribution is -2.61. The second-order valence-electron chi connectivity index (χ2n) is 14.8. The van der Waals surface area contributed by atoms with Crippen molar-refractivity contribution in [3.8, 4) is 0 Å². The number of aliphatic hydroxyl groups excluding tert-OH is 2. The van der Waals surface area contributed by atoms with Gasteiger partial charge in [0.05, 0.1) is 11.8 Å². The third-order valence-electron chi connectivity index (χ3n) is 12.7. The quantitative estimate of drug-likeness (QED) is 0.238. The van der Waals surface area contributed by atoms with Gasteiger partial charge in [-0.15, -0.1) is 0 Å². The van der Waals surface area contributed by atoms with E-state index in [0.29, 0.717) is 41.8 Å². The smallest absolute Gasteiger partial charge is 0.309 e. The minimum atomic E-state index is -1.28. The van der Waals surface area contributed by atoms with E-state index in [1.54, 1.807) is 5.57 Å². The highest BCUT2D eigenvalue weighted by molar-refractivity contribution is 5.83. The number of esters is 1. The summed E-state index contributed by atoms with van der Waals surface area (Å²) < 4.78 is 5.84. The number of nitrogens with zero attached hydrogens (tertiary/aromatic N) is 1. The molecule has 0 aromatic rings.